The molecule has 0 atom stereocenters. The Hall–Kier alpha value is -0.381. The molecule has 9 heavy (non-hydrogen) atoms. The summed E-state index contributed by atoms with van der Waals surface area (Å²) in [5.74, 6) is -0.116. The summed E-state index contributed by atoms with van der Waals surface area (Å²) in [6.07, 6.45) is 3.98. The van der Waals surface area contributed by atoms with Crippen molar-refractivity contribution in [2.75, 3.05) is 0 Å². The summed E-state index contributed by atoms with van der Waals surface area (Å²) < 4.78 is 0.606. The van der Waals surface area contributed by atoms with Crippen molar-refractivity contribution in [2.45, 2.75) is 0 Å². The molecule has 0 spiro atoms. The summed E-state index contributed by atoms with van der Waals surface area (Å²) in [5, 5.41) is 0. The third kappa shape index (κ3) is 1.51. The number of ketones is 2. The van der Waals surface area contributed by atoms with Gasteiger partial charge < -0.3 is 0 Å². The van der Waals surface area contributed by atoms with Crippen molar-refractivity contribution in [3.05, 3.63) is 21.8 Å². The SMILES string of the molecule is O=C1C=CC(=O)[C]([Sn])=C1. The van der Waals surface area contributed by atoms with Crippen LogP contribution in [0.2, 0.25) is 0 Å². The fourth-order valence-electron chi connectivity index (χ4n) is 0.509. The third-order valence-corrected chi connectivity index (χ3v) is 2.07. The van der Waals surface area contributed by atoms with Gasteiger partial charge in [-0.1, -0.05) is 0 Å². The molecule has 0 amide bonds. The van der Waals surface area contributed by atoms with Crippen LogP contribution in [0, 0.1) is 0 Å². The number of hydrogen-bond acceptors (Lipinski definition) is 2. The Balaban J connectivity index is 2.95. The summed E-state index contributed by atoms with van der Waals surface area (Å²) in [7, 11) is 0. The van der Waals surface area contributed by atoms with E-state index in [1.165, 1.54) is 18.2 Å². The monoisotopic (exact) mass is 227 g/mol. The van der Waals surface area contributed by atoms with E-state index < -0.39 is 0 Å². The van der Waals surface area contributed by atoms with Crippen LogP contribution in [0.4, 0.5) is 0 Å². The minimum absolute atomic E-state index is 0.0344. The molecule has 0 fully saturated rings. The van der Waals surface area contributed by atoms with Gasteiger partial charge in [0.2, 0.25) is 0 Å². The van der Waals surface area contributed by atoms with E-state index in [0.29, 0.717) is 3.59 Å². The molecule has 43 valence electrons. The quantitative estimate of drug-likeness (QED) is 0.421. The zero-order chi connectivity index (χ0) is 6.85. The van der Waals surface area contributed by atoms with Crippen LogP contribution < -0.4 is 0 Å². The van der Waals surface area contributed by atoms with Crippen molar-refractivity contribution >= 4 is 34.1 Å². The number of hydrogen-bond donors (Lipinski definition) is 0. The van der Waals surface area contributed by atoms with E-state index in [9.17, 15) is 9.59 Å². The van der Waals surface area contributed by atoms with Gasteiger partial charge in [-0.2, -0.15) is 0 Å². The summed E-state index contributed by atoms with van der Waals surface area (Å²) in [6, 6.07) is 0. The molecule has 1 rings (SSSR count). The van der Waals surface area contributed by atoms with E-state index in [-0.39, 0.29) is 11.6 Å². The van der Waals surface area contributed by atoms with Gasteiger partial charge in [0.25, 0.3) is 0 Å². The van der Waals surface area contributed by atoms with Crippen LogP contribution in [0.3, 0.4) is 0 Å². The molecule has 3 radical (unpaired) electrons. The van der Waals surface area contributed by atoms with E-state index in [1.807, 2.05) is 0 Å². The average Bonchev–Trinajstić information content (AvgIpc) is 1.80. The van der Waals surface area contributed by atoms with Crippen molar-refractivity contribution < 1.29 is 9.59 Å². The second-order valence-electron chi connectivity index (χ2n) is 1.66. The van der Waals surface area contributed by atoms with Gasteiger partial charge in [-0.15, -0.1) is 0 Å². The Morgan fingerprint density at radius 2 is 1.89 bits per heavy atom. The fourth-order valence-corrected chi connectivity index (χ4v) is 1.15. The number of carbonyl (C=O) groups is 2. The first kappa shape index (κ1) is 6.73. The van der Waals surface area contributed by atoms with Gasteiger partial charge in [0.05, 0.1) is 0 Å². The zero-order valence-corrected chi connectivity index (χ0v) is 7.40. The van der Waals surface area contributed by atoms with Gasteiger partial charge in [-0.05, 0) is 0 Å². The maximum atomic E-state index is 10.7. The van der Waals surface area contributed by atoms with Gasteiger partial charge >= 0.3 is 65.5 Å². The molecule has 0 aromatic carbocycles. The van der Waals surface area contributed by atoms with Gasteiger partial charge in [-0.25, -0.2) is 0 Å². The zero-order valence-electron chi connectivity index (χ0n) is 4.55. The van der Waals surface area contributed by atoms with E-state index in [0.717, 1.165) is 22.5 Å². The summed E-state index contributed by atoms with van der Waals surface area (Å²) in [6.45, 7) is 0. The molecule has 0 bridgehead atoms. The van der Waals surface area contributed by atoms with Crippen molar-refractivity contribution in [3.63, 3.8) is 0 Å². The Morgan fingerprint density at radius 1 is 1.22 bits per heavy atom. The third-order valence-electron chi connectivity index (χ3n) is 0.951. The van der Waals surface area contributed by atoms with Crippen molar-refractivity contribution in [2.24, 2.45) is 0 Å². The fraction of sp³-hybridized carbons (Fsp3) is 0. The second-order valence-corrected chi connectivity index (χ2v) is 3.20. The Labute approximate surface area is 65.7 Å². The molecule has 2 nitrogen and oxygen atoms in total. The molecule has 0 heterocycles. The number of carbonyl (C=O) groups excluding carboxylic acids is 2. The summed E-state index contributed by atoms with van der Waals surface area (Å²) in [4.78, 5) is 21.2. The van der Waals surface area contributed by atoms with Crippen LogP contribution in [0.25, 0.3) is 0 Å². The molecular formula is C6H3O2Sn. The molecule has 3 heteroatoms. The minimum atomic E-state index is -0.0820. The number of allylic oxidation sites excluding steroid dienone is 4. The van der Waals surface area contributed by atoms with E-state index in [1.54, 1.807) is 0 Å². The van der Waals surface area contributed by atoms with E-state index >= 15 is 0 Å². The van der Waals surface area contributed by atoms with Crippen molar-refractivity contribution in [1.29, 1.82) is 0 Å². The average molecular weight is 226 g/mol. The van der Waals surface area contributed by atoms with Crippen LogP contribution in [-0.4, -0.2) is 34.1 Å². The Kier molecular flexibility index (Phi) is 1.85. The molecular weight excluding hydrogens is 223 g/mol. The van der Waals surface area contributed by atoms with Gasteiger partial charge in [0.1, 0.15) is 0 Å². The predicted molar refractivity (Wildman–Crippen MR) is 33.0 cm³/mol. The van der Waals surface area contributed by atoms with E-state index in [2.05, 4.69) is 0 Å². The molecule has 1 aliphatic rings. The molecule has 0 aromatic heterocycles. The van der Waals surface area contributed by atoms with Crippen molar-refractivity contribution in [1.82, 2.24) is 0 Å². The second kappa shape index (κ2) is 2.47. The Morgan fingerprint density at radius 3 is 2.33 bits per heavy atom. The maximum absolute atomic E-state index is 10.7. The topological polar surface area (TPSA) is 34.1 Å². The first-order valence-electron chi connectivity index (χ1n) is 2.40. The van der Waals surface area contributed by atoms with Crippen LogP contribution in [0.5, 0.6) is 0 Å². The van der Waals surface area contributed by atoms with Crippen LogP contribution >= 0.6 is 0 Å². The molecule has 1 aliphatic carbocycles. The van der Waals surface area contributed by atoms with Gasteiger partial charge in [0, 0.05) is 0 Å². The van der Waals surface area contributed by atoms with Crippen LogP contribution in [-0.2, 0) is 9.59 Å². The molecule has 0 aromatic rings. The number of rotatable bonds is 0. The summed E-state index contributed by atoms with van der Waals surface area (Å²) >= 11 is 1.00. The van der Waals surface area contributed by atoms with E-state index in [4.69, 9.17) is 0 Å². The molecule has 0 saturated heterocycles. The molecule has 0 aliphatic heterocycles. The standard InChI is InChI=1S/C6H3O2.Sn/c7-5-1-2-6(8)4-3-5;/h1-3H;. The first-order valence-corrected chi connectivity index (χ1v) is 3.82. The molecule has 0 unspecified atom stereocenters. The Bertz CT molecular complexity index is 225. The van der Waals surface area contributed by atoms with Gasteiger partial charge in [0.15, 0.2) is 0 Å². The van der Waals surface area contributed by atoms with Crippen LogP contribution in [0.1, 0.15) is 0 Å². The normalized spacial score (nSPS) is 18.1. The predicted octanol–water partition coefficient (Wildman–Crippen LogP) is -0.253. The first-order chi connectivity index (χ1) is 4.20. The van der Waals surface area contributed by atoms with Crippen molar-refractivity contribution in [3.8, 4) is 0 Å². The summed E-state index contributed by atoms with van der Waals surface area (Å²) in [5.41, 5.74) is 0. The molecule has 0 N–H and O–H groups in total. The van der Waals surface area contributed by atoms with Crippen LogP contribution in [0.15, 0.2) is 21.8 Å². The molecule has 0 saturated carbocycles. The van der Waals surface area contributed by atoms with Gasteiger partial charge in [-0.3, -0.25) is 0 Å².